The lowest BCUT2D eigenvalue weighted by Crippen LogP contribution is -2.23. The van der Waals surface area contributed by atoms with Gasteiger partial charge in [-0.3, -0.25) is 4.79 Å². The fraction of sp³-hybridized carbons (Fsp3) is 0.176. The van der Waals surface area contributed by atoms with Crippen LogP contribution in [0.4, 0.5) is 0 Å². The number of rotatable bonds is 6. The molecule has 1 amide bonds. The molecular formula is C17H14N4O2S. The van der Waals surface area contributed by atoms with Gasteiger partial charge < -0.3 is 9.84 Å². The zero-order chi connectivity index (χ0) is 16.8. The van der Waals surface area contributed by atoms with Crippen LogP contribution in [0.5, 0.6) is 0 Å². The van der Waals surface area contributed by atoms with Gasteiger partial charge in [-0.1, -0.05) is 23.4 Å². The molecule has 0 fully saturated rings. The van der Waals surface area contributed by atoms with Gasteiger partial charge in [0.05, 0.1) is 16.5 Å². The van der Waals surface area contributed by atoms with E-state index in [1.54, 1.807) is 18.2 Å². The summed E-state index contributed by atoms with van der Waals surface area (Å²) in [5, 5.41) is 17.5. The number of amides is 1. The number of nitrogens with one attached hydrogen (secondary N) is 1. The summed E-state index contributed by atoms with van der Waals surface area (Å²) >= 11 is 1.54. The average Bonchev–Trinajstić information content (AvgIpc) is 3.29. The Kier molecular flexibility index (Phi) is 4.99. The van der Waals surface area contributed by atoms with E-state index in [9.17, 15) is 4.79 Å². The minimum absolute atomic E-state index is 0.103. The van der Waals surface area contributed by atoms with Crippen LogP contribution < -0.4 is 5.32 Å². The molecule has 6 nitrogen and oxygen atoms in total. The van der Waals surface area contributed by atoms with Crippen LogP contribution in [0.1, 0.15) is 23.4 Å². The normalized spacial score (nSPS) is 10.3. The third-order valence-corrected chi connectivity index (χ3v) is 4.19. The molecule has 0 atom stereocenters. The summed E-state index contributed by atoms with van der Waals surface area (Å²) in [5.41, 5.74) is 1.47. The van der Waals surface area contributed by atoms with Crippen molar-refractivity contribution in [1.29, 1.82) is 5.26 Å². The quantitative estimate of drug-likeness (QED) is 0.746. The van der Waals surface area contributed by atoms with Gasteiger partial charge in [0.25, 0.3) is 0 Å². The predicted octanol–water partition coefficient (Wildman–Crippen LogP) is 2.92. The van der Waals surface area contributed by atoms with Crippen molar-refractivity contribution in [2.45, 2.75) is 19.4 Å². The molecule has 0 aliphatic heterocycles. The van der Waals surface area contributed by atoms with E-state index in [0.717, 1.165) is 10.4 Å². The fourth-order valence-corrected chi connectivity index (χ4v) is 2.77. The Balaban J connectivity index is 1.48. The Morgan fingerprint density at radius 3 is 3.04 bits per heavy atom. The zero-order valence-corrected chi connectivity index (χ0v) is 13.5. The van der Waals surface area contributed by atoms with Crippen molar-refractivity contribution in [2.24, 2.45) is 0 Å². The second-order valence-corrected chi connectivity index (χ2v) is 6.03. The van der Waals surface area contributed by atoms with Crippen molar-refractivity contribution in [1.82, 2.24) is 15.5 Å². The largest absolute Gasteiger partial charge is 0.352 e. The summed E-state index contributed by atoms with van der Waals surface area (Å²) in [5.74, 6) is 0.891. The number of aromatic nitrogens is 2. The maximum Gasteiger partial charge on any atom is 0.227 e. The molecule has 0 spiro atoms. The van der Waals surface area contributed by atoms with E-state index >= 15 is 0 Å². The van der Waals surface area contributed by atoms with Crippen molar-refractivity contribution in [3.05, 3.63) is 58.8 Å². The number of thiophene rings is 1. The molecule has 0 saturated heterocycles. The second-order valence-electron chi connectivity index (χ2n) is 5.08. The van der Waals surface area contributed by atoms with E-state index < -0.39 is 0 Å². The lowest BCUT2D eigenvalue weighted by Gasteiger charge is -2.04. The zero-order valence-electron chi connectivity index (χ0n) is 12.7. The molecule has 7 heteroatoms. The molecule has 0 aliphatic carbocycles. The Morgan fingerprint density at radius 1 is 1.33 bits per heavy atom. The van der Waals surface area contributed by atoms with Crippen LogP contribution in [0.3, 0.4) is 0 Å². The van der Waals surface area contributed by atoms with Crippen LogP contribution >= 0.6 is 11.3 Å². The Labute approximate surface area is 142 Å². The number of nitriles is 1. The van der Waals surface area contributed by atoms with Gasteiger partial charge in [0, 0.05) is 19.4 Å². The maximum absolute atomic E-state index is 11.9. The van der Waals surface area contributed by atoms with Crippen molar-refractivity contribution in [2.75, 3.05) is 0 Å². The molecule has 0 saturated carbocycles. The van der Waals surface area contributed by atoms with Crippen molar-refractivity contribution in [3.63, 3.8) is 0 Å². The molecule has 1 aromatic carbocycles. The molecule has 24 heavy (non-hydrogen) atoms. The summed E-state index contributed by atoms with van der Waals surface area (Å²) in [6.07, 6.45) is 0.659. The standard InChI is InChI=1S/C17H14N4O2S/c18-10-12-3-1-4-13(9-12)11-19-15(22)6-7-16-20-17(21-23-16)14-5-2-8-24-14/h1-5,8-9H,6-7,11H2,(H,19,22). The van der Waals surface area contributed by atoms with Crippen LogP contribution in [0.25, 0.3) is 10.7 Å². The molecule has 0 aliphatic rings. The van der Waals surface area contributed by atoms with E-state index in [1.165, 1.54) is 11.3 Å². The predicted molar refractivity (Wildman–Crippen MR) is 88.9 cm³/mol. The molecule has 120 valence electrons. The summed E-state index contributed by atoms with van der Waals surface area (Å²) in [6.45, 7) is 0.388. The smallest absolute Gasteiger partial charge is 0.227 e. The van der Waals surface area contributed by atoms with Crippen molar-refractivity contribution in [3.8, 4) is 16.8 Å². The highest BCUT2D eigenvalue weighted by molar-refractivity contribution is 7.13. The van der Waals surface area contributed by atoms with Crippen LogP contribution in [-0.2, 0) is 17.8 Å². The molecule has 3 rings (SSSR count). The lowest BCUT2D eigenvalue weighted by molar-refractivity contribution is -0.121. The topological polar surface area (TPSA) is 91.8 Å². The third kappa shape index (κ3) is 4.06. The van der Waals surface area contributed by atoms with Gasteiger partial charge in [0.2, 0.25) is 17.6 Å². The van der Waals surface area contributed by atoms with Gasteiger partial charge in [0.1, 0.15) is 0 Å². The molecule has 2 heterocycles. The van der Waals surface area contributed by atoms with Crippen LogP contribution in [0.2, 0.25) is 0 Å². The average molecular weight is 338 g/mol. The minimum Gasteiger partial charge on any atom is -0.352 e. The highest BCUT2D eigenvalue weighted by Crippen LogP contribution is 2.21. The van der Waals surface area contributed by atoms with Crippen LogP contribution in [0, 0.1) is 11.3 Å². The number of carbonyl (C=O) groups excluding carboxylic acids is 1. The van der Waals surface area contributed by atoms with Gasteiger partial charge >= 0.3 is 0 Å². The first-order valence-corrected chi connectivity index (χ1v) is 8.25. The number of benzene rings is 1. The van der Waals surface area contributed by atoms with Gasteiger partial charge in [-0.05, 0) is 29.1 Å². The fourth-order valence-electron chi connectivity index (χ4n) is 2.12. The SMILES string of the molecule is N#Cc1cccc(CNC(=O)CCc2nc(-c3cccs3)no2)c1. The first kappa shape index (κ1) is 15.9. The van der Waals surface area contributed by atoms with E-state index in [-0.39, 0.29) is 12.3 Å². The monoisotopic (exact) mass is 338 g/mol. The first-order chi connectivity index (χ1) is 11.7. The Bertz CT molecular complexity index is 865. The highest BCUT2D eigenvalue weighted by atomic mass is 32.1. The maximum atomic E-state index is 11.9. The summed E-state index contributed by atoms with van der Waals surface area (Å²) in [7, 11) is 0. The molecule has 0 radical (unpaired) electrons. The van der Waals surface area contributed by atoms with Gasteiger partial charge in [-0.15, -0.1) is 11.3 Å². The summed E-state index contributed by atoms with van der Waals surface area (Å²) < 4.78 is 5.16. The van der Waals surface area contributed by atoms with Gasteiger partial charge in [0.15, 0.2) is 0 Å². The van der Waals surface area contributed by atoms with E-state index in [2.05, 4.69) is 21.5 Å². The molecule has 2 aromatic heterocycles. The lowest BCUT2D eigenvalue weighted by atomic mass is 10.1. The van der Waals surface area contributed by atoms with Crippen molar-refractivity contribution < 1.29 is 9.32 Å². The molecule has 0 unspecified atom stereocenters. The Morgan fingerprint density at radius 2 is 2.25 bits per heavy atom. The van der Waals surface area contributed by atoms with Crippen LogP contribution in [-0.4, -0.2) is 16.0 Å². The second kappa shape index (κ2) is 7.53. The van der Waals surface area contributed by atoms with E-state index in [4.69, 9.17) is 9.78 Å². The molecule has 1 N–H and O–H groups in total. The van der Waals surface area contributed by atoms with E-state index in [1.807, 2.05) is 23.6 Å². The number of carbonyl (C=O) groups is 1. The third-order valence-electron chi connectivity index (χ3n) is 3.32. The molecular weight excluding hydrogens is 324 g/mol. The highest BCUT2D eigenvalue weighted by Gasteiger charge is 2.11. The first-order valence-electron chi connectivity index (χ1n) is 7.37. The van der Waals surface area contributed by atoms with Crippen LogP contribution in [0.15, 0.2) is 46.3 Å². The number of aryl methyl sites for hydroxylation is 1. The van der Waals surface area contributed by atoms with E-state index in [0.29, 0.717) is 30.2 Å². The molecule has 3 aromatic rings. The van der Waals surface area contributed by atoms with Gasteiger partial charge in [-0.25, -0.2) is 0 Å². The number of nitrogens with zero attached hydrogens (tertiary/aromatic N) is 3. The Hall–Kier alpha value is -2.98. The number of hydrogen-bond donors (Lipinski definition) is 1. The van der Waals surface area contributed by atoms with Crippen molar-refractivity contribution >= 4 is 17.2 Å². The van der Waals surface area contributed by atoms with Gasteiger partial charge in [-0.2, -0.15) is 10.2 Å². The number of hydrogen-bond acceptors (Lipinski definition) is 6. The minimum atomic E-state index is -0.103. The molecule has 0 bridgehead atoms. The summed E-state index contributed by atoms with van der Waals surface area (Å²) in [6, 6.07) is 13.1. The summed E-state index contributed by atoms with van der Waals surface area (Å²) in [4.78, 5) is 17.1.